The average Bonchev–Trinajstić information content (AvgIpc) is 2.82. The molecule has 0 bridgehead atoms. The van der Waals surface area contributed by atoms with Crippen LogP contribution in [0, 0.1) is 12.8 Å². The lowest BCUT2D eigenvalue weighted by molar-refractivity contribution is -0.159. The normalized spacial score (nSPS) is 23.8. The van der Waals surface area contributed by atoms with Crippen molar-refractivity contribution in [1.82, 2.24) is 10.3 Å². The van der Waals surface area contributed by atoms with Crippen LogP contribution in [0.2, 0.25) is 0 Å². The van der Waals surface area contributed by atoms with E-state index < -0.39 is 48.6 Å². The summed E-state index contributed by atoms with van der Waals surface area (Å²) < 4.78 is 15.8. The van der Waals surface area contributed by atoms with Crippen LogP contribution in [0.5, 0.6) is 5.75 Å². The van der Waals surface area contributed by atoms with Gasteiger partial charge in [-0.3, -0.25) is 14.6 Å². The fourth-order valence-corrected chi connectivity index (χ4v) is 3.51. The molecule has 1 aliphatic rings. The molecule has 3 rings (SSSR count). The highest BCUT2D eigenvalue weighted by molar-refractivity contribution is 5.97. The number of nitrogens with zero attached hydrogens (tertiary/aromatic N) is 1. The molecule has 32 heavy (non-hydrogen) atoms. The number of aliphatic hydroxyl groups excluding tert-OH is 1. The van der Waals surface area contributed by atoms with Crippen LogP contribution < -0.4 is 10.1 Å². The van der Waals surface area contributed by atoms with Crippen molar-refractivity contribution < 1.29 is 33.7 Å². The number of benzene rings is 1. The van der Waals surface area contributed by atoms with Crippen LogP contribution in [-0.4, -0.2) is 59.9 Å². The number of pyridine rings is 1. The first-order valence-corrected chi connectivity index (χ1v) is 10.2. The lowest BCUT2D eigenvalue weighted by Crippen LogP contribution is -2.46. The smallest absolute Gasteiger partial charge is 0.332 e. The van der Waals surface area contributed by atoms with E-state index in [4.69, 9.17) is 14.2 Å². The molecule has 4 atom stereocenters. The third kappa shape index (κ3) is 5.23. The quantitative estimate of drug-likeness (QED) is 0.662. The number of rotatable bonds is 5. The topological polar surface area (TPSA) is 124 Å². The molecule has 9 nitrogen and oxygen atoms in total. The number of carbonyl (C=O) groups is 3. The van der Waals surface area contributed by atoms with E-state index in [2.05, 4.69) is 10.3 Å². The first-order chi connectivity index (χ1) is 15.3. The van der Waals surface area contributed by atoms with Gasteiger partial charge in [0.2, 0.25) is 0 Å². The number of hydrogen-bond donors (Lipinski definition) is 2. The van der Waals surface area contributed by atoms with Crippen molar-refractivity contribution in [3.8, 4) is 5.75 Å². The zero-order valence-corrected chi connectivity index (χ0v) is 18.1. The minimum Gasteiger partial charge on any atom is -0.496 e. The highest BCUT2D eigenvalue weighted by atomic mass is 16.6. The molecule has 0 aliphatic carbocycles. The maximum Gasteiger partial charge on any atom is 0.332 e. The molecule has 1 fully saturated rings. The Labute approximate surface area is 185 Å². The van der Waals surface area contributed by atoms with E-state index in [0.717, 1.165) is 5.56 Å². The third-order valence-corrected chi connectivity index (χ3v) is 5.37. The lowest BCUT2D eigenvalue weighted by Gasteiger charge is -2.25. The Morgan fingerprint density at radius 2 is 1.94 bits per heavy atom. The molecular weight excluding hydrogens is 416 g/mol. The summed E-state index contributed by atoms with van der Waals surface area (Å²) >= 11 is 0. The molecule has 170 valence electrons. The molecule has 1 saturated heterocycles. The van der Waals surface area contributed by atoms with Crippen molar-refractivity contribution in [3.63, 3.8) is 0 Å². The second-order valence-corrected chi connectivity index (χ2v) is 7.57. The van der Waals surface area contributed by atoms with Gasteiger partial charge in [-0.2, -0.15) is 0 Å². The zero-order valence-electron chi connectivity index (χ0n) is 18.1. The number of esters is 2. The Kier molecular flexibility index (Phi) is 7.42. The van der Waals surface area contributed by atoms with Gasteiger partial charge in [-0.15, -0.1) is 0 Å². The van der Waals surface area contributed by atoms with Gasteiger partial charge in [0.05, 0.1) is 13.0 Å². The molecular formula is C23H26N2O7. The van der Waals surface area contributed by atoms with Gasteiger partial charge in [0.25, 0.3) is 5.91 Å². The summed E-state index contributed by atoms with van der Waals surface area (Å²) in [7, 11) is 1.47. The summed E-state index contributed by atoms with van der Waals surface area (Å²) in [5.41, 5.74) is 1.39. The number of nitrogens with one attached hydrogen (secondary N) is 1. The molecule has 1 amide bonds. The van der Waals surface area contributed by atoms with Crippen molar-refractivity contribution in [2.24, 2.45) is 5.92 Å². The van der Waals surface area contributed by atoms with Gasteiger partial charge in [-0.05, 0) is 31.9 Å². The monoisotopic (exact) mass is 442 g/mol. The lowest BCUT2D eigenvalue weighted by atomic mass is 9.91. The van der Waals surface area contributed by atoms with Crippen molar-refractivity contribution in [3.05, 3.63) is 59.4 Å². The summed E-state index contributed by atoms with van der Waals surface area (Å²) in [5, 5.41) is 13.2. The number of ether oxygens (including phenoxy) is 3. The molecule has 1 aromatic carbocycles. The molecule has 1 aromatic heterocycles. The number of cyclic esters (lactones) is 2. The largest absolute Gasteiger partial charge is 0.496 e. The number of carbonyl (C=O) groups excluding carboxylic acids is 3. The standard InChI is InChI=1S/C23H26N2O7/c1-13-18(30-3)9-10-24-19(13)21(27)25-17-12-31-22(28)16(11-15-7-5-4-6-8-15)20(26)14(2)32-23(17)29/h4-10,14,16-17,20,26H,11-12H2,1-3H3,(H,25,27)/t14-,16+,17-,20-/m0/s1. The maximum absolute atomic E-state index is 12.7. The summed E-state index contributed by atoms with van der Waals surface area (Å²) in [4.78, 5) is 42.2. The van der Waals surface area contributed by atoms with E-state index in [1.165, 1.54) is 20.2 Å². The SMILES string of the molecule is COc1ccnc(C(=O)N[C@H]2COC(=O)[C@H](Cc3ccccc3)[C@@H](O)[C@H](C)OC2=O)c1C. The Morgan fingerprint density at radius 3 is 2.62 bits per heavy atom. The third-order valence-electron chi connectivity index (χ3n) is 5.37. The maximum atomic E-state index is 12.7. The Balaban J connectivity index is 1.77. The molecule has 1 aliphatic heterocycles. The summed E-state index contributed by atoms with van der Waals surface area (Å²) in [5.74, 6) is -2.61. The Bertz CT molecular complexity index is 980. The van der Waals surface area contributed by atoms with E-state index in [9.17, 15) is 19.5 Å². The molecule has 0 radical (unpaired) electrons. The van der Waals surface area contributed by atoms with Gasteiger partial charge in [-0.25, -0.2) is 4.79 Å². The second-order valence-electron chi connectivity index (χ2n) is 7.57. The van der Waals surface area contributed by atoms with Crippen LogP contribution in [0.25, 0.3) is 0 Å². The number of aliphatic hydroxyl groups is 1. The van der Waals surface area contributed by atoms with Gasteiger partial charge >= 0.3 is 11.9 Å². The number of aromatic nitrogens is 1. The van der Waals surface area contributed by atoms with Gasteiger partial charge in [0, 0.05) is 11.8 Å². The highest BCUT2D eigenvalue weighted by Crippen LogP contribution is 2.22. The van der Waals surface area contributed by atoms with E-state index >= 15 is 0 Å². The average molecular weight is 442 g/mol. The predicted octanol–water partition coefficient (Wildman–Crippen LogP) is 1.21. The van der Waals surface area contributed by atoms with Gasteiger partial charge in [0.1, 0.15) is 30.3 Å². The van der Waals surface area contributed by atoms with Crippen LogP contribution in [0.1, 0.15) is 28.5 Å². The molecule has 2 N–H and O–H groups in total. The summed E-state index contributed by atoms with van der Waals surface area (Å²) in [6.45, 7) is 2.72. The predicted molar refractivity (Wildman–Crippen MR) is 113 cm³/mol. The minimum absolute atomic E-state index is 0.0679. The molecule has 9 heteroatoms. The van der Waals surface area contributed by atoms with Crippen LogP contribution in [0.3, 0.4) is 0 Å². The Hall–Kier alpha value is -3.46. The summed E-state index contributed by atoms with van der Waals surface area (Å²) in [6, 6.07) is 9.50. The summed E-state index contributed by atoms with van der Waals surface area (Å²) in [6.07, 6.45) is -0.636. The zero-order chi connectivity index (χ0) is 23.3. The number of amides is 1. The van der Waals surface area contributed by atoms with Crippen molar-refractivity contribution in [2.45, 2.75) is 38.5 Å². The second kappa shape index (κ2) is 10.2. The molecule has 0 spiro atoms. The molecule has 2 heterocycles. The van der Waals surface area contributed by atoms with Crippen LogP contribution >= 0.6 is 0 Å². The van der Waals surface area contributed by atoms with E-state index in [0.29, 0.717) is 11.3 Å². The fourth-order valence-electron chi connectivity index (χ4n) is 3.51. The van der Waals surface area contributed by atoms with E-state index in [1.807, 2.05) is 30.3 Å². The van der Waals surface area contributed by atoms with Gasteiger partial charge < -0.3 is 24.6 Å². The number of hydrogen-bond acceptors (Lipinski definition) is 8. The first kappa shape index (κ1) is 23.2. The molecule has 2 aromatic rings. The van der Waals surface area contributed by atoms with Crippen LogP contribution in [0.4, 0.5) is 0 Å². The van der Waals surface area contributed by atoms with Gasteiger partial charge in [0.15, 0.2) is 6.04 Å². The Morgan fingerprint density at radius 1 is 1.22 bits per heavy atom. The number of methoxy groups -OCH3 is 1. The molecule has 0 unspecified atom stereocenters. The van der Waals surface area contributed by atoms with E-state index in [1.54, 1.807) is 13.0 Å². The first-order valence-electron chi connectivity index (χ1n) is 10.2. The van der Waals surface area contributed by atoms with Crippen molar-refractivity contribution in [2.75, 3.05) is 13.7 Å². The van der Waals surface area contributed by atoms with Crippen LogP contribution in [0.15, 0.2) is 42.6 Å². The van der Waals surface area contributed by atoms with Crippen LogP contribution in [-0.2, 0) is 25.5 Å². The van der Waals surface area contributed by atoms with Gasteiger partial charge in [-0.1, -0.05) is 30.3 Å². The van der Waals surface area contributed by atoms with Crippen molar-refractivity contribution >= 4 is 17.8 Å². The minimum atomic E-state index is -1.27. The fraction of sp³-hybridized carbons (Fsp3) is 0.391. The van der Waals surface area contributed by atoms with E-state index in [-0.39, 0.29) is 12.1 Å². The van der Waals surface area contributed by atoms with Crippen molar-refractivity contribution in [1.29, 1.82) is 0 Å². The highest BCUT2D eigenvalue weighted by Gasteiger charge is 2.38. The molecule has 0 saturated carbocycles.